The Morgan fingerprint density at radius 3 is 2.94 bits per heavy atom. The van der Waals surface area contributed by atoms with Crippen LogP contribution in [0.1, 0.15) is 20.8 Å². The molecule has 1 aliphatic rings. The smallest absolute Gasteiger partial charge is 0.225 e. The quantitative estimate of drug-likeness (QED) is 0.773. The van der Waals surface area contributed by atoms with Crippen LogP contribution in [0.3, 0.4) is 0 Å². The molecule has 0 bridgehead atoms. The van der Waals surface area contributed by atoms with E-state index in [9.17, 15) is 4.79 Å². The average Bonchev–Trinajstić information content (AvgIpc) is 2.39. The van der Waals surface area contributed by atoms with Gasteiger partial charge in [-0.15, -0.1) is 0 Å². The molecule has 102 valence electrons. The molecule has 0 radical (unpaired) electrons. The SMILES string of the molecule is CNCC1=C/NCCN(C(=O)C(C)C)C\C(C)=N\1. The molecule has 1 aliphatic heterocycles. The highest BCUT2D eigenvalue weighted by atomic mass is 16.2. The number of carbonyl (C=O) groups excluding carboxylic acids is 1. The van der Waals surface area contributed by atoms with Crippen LogP contribution < -0.4 is 10.6 Å². The van der Waals surface area contributed by atoms with Crippen molar-refractivity contribution in [3.8, 4) is 0 Å². The summed E-state index contributed by atoms with van der Waals surface area (Å²) in [4.78, 5) is 18.4. The number of nitrogens with one attached hydrogen (secondary N) is 2. The molecule has 0 aromatic heterocycles. The first-order valence-electron chi connectivity index (χ1n) is 6.44. The lowest BCUT2D eigenvalue weighted by Crippen LogP contribution is -2.40. The van der Waals surface area contributed by atoms with Crippen molar-refractivity contribution in [1.29, 1.82) is 0 Å². The molecule has 5 heteroatoms. The van der Waals surface area contributed by atoms with E-state index in [0.29, 0.717) is 13.1 Å². The fourth-order valence-electron chi connectivity index (χ4n) is 1.88. The zero-order valence-electron chi connectivity index (χ0n) is 11.8. The highest BCUT2D eigenvalue weighted by Gasteiger charge is 2.17. The van der Waals surface area contributed by atoms with Crippen molar-refractivity contribution in [3.63, 3.8) is 0 Å². The van der Waals surface area contributed by atoms with Gasteiger partial charge < -0.3 is 15.5 Å². The molecule has 0 spiro atoms. The lowest BCUT2D eigenvalue weighted by molar-refractivity contribution is -0.133. The predicted octanol–water partition coefficient (Wildman–Crippen LogP) is 0.596. The fourth-order valence-corrected chi connectivity index (χ4v) is 1.88. The Labute approximate surface area is 109 Å². The lowest BCUT2D eigenvalue weighted by atomic mass is 10.2. The summed E-state index contributed by atoms with van der Waals surface area (Å²) < 4.78 is 0. The van der Waals surface area contributed by atoms with Gasteiger partial charge in [-0.25, -0.2) is 0 Å². The molecule has 18 heavy (non-hydrogen) atoms. The monoisotopic (exact) mass is 252 g/mol. The van der Waals surface area contributed by atoms with Gasteiger partial charge in [-0.3, -0.25) is 9.79 Å². The van der Waals surface area contributed by atoms with Crippen molar-refractivity contribution in [1.82, 2.24) is 15.5 Å². The molecular formula is C13H24N4O. The largest absolute Gasteiger partial charge is 0.388 e. The molecule has 0 aliphatic carbocycles. The number of amides is 1. The van der Waals surface area contributed by atoms with Crippen LogP contribution >= 0.6 is 0 Å². The third kappa shape index (κ3) is 4.49. The molecule has 0 unspecified atom stereocenters. The summed E-state index contributed by atoms with van der Waals surface area (Å²) in [5.74, 6) is 0.215. The van der Waals surface area contributed by atoms with Gasteiger partial charge in [-0.05, 0) is 14.0 Å². The van der Waals surface area contributed by atoms with E-state index >= 15 is 0 Å². The molecule has 0 aromatic rings. The highest BCUT2D eigenvalue weighted by molar-refractivity contribution is 5.89. The van der Waals surface area contributed by atoms with Crippen LogP contribution in [0.25, 0.3) is 0 Å². The summed E-state index contributed by atoms with van der Waals surface area (Å²) in [5, 5.41) is 6.29. The number of aliphatic imine (C=N–C) groups is 1. The maximum atomic E-state index is 12.0. The van der Waals surface area contributed by atoms with Crippen molar-refractivity contribution in [2.45, 2.75) is 20.8 Å². The fraction of sp³-hybridized carbons (Fsp3) is 0.692. The maximum absolute atomic E-state index is 12.0. The molecule has 5 nitrogen and oxygen atoms in total. The van der Waals surface area contributed by atoms with Gasteiger partial charge in [0.15, 0.2) is 0 Å². The zero-order valence-corrected chi connectivity index (χ0v) is 11.8. The summed E-state index contributed by atoms with van der Waals surface area (Å²) in [6, 6.07) is 0. The Morgan fingerprint density at radius 1 is 1.61 bits per heavy atom. The minimum absolute atomic E-state index is 0.0308. The Hall–Kier alpha value is -1.36. The molecule has 1 rings (SSSR count). The highest BCUT2D eigenvalue weighted by Crippen LogP contribution is 2.04. The van der Waals surface area contributed by atoms with Gasteiger partial charge in [-0.1, -0.05) is 13.8 Å². The van der Waals surface area contributed by atoms with Gasteiger partial charge in [0, 0.05) is 37.5 Å². The zero-order chi connectivity index (χ0) is 13.5. The summed E-state index contributed by atoms with van der Waals surface area (Å²) in [6.07, 6.45) is 1.92. The van der Waals surface area contributed by atoms with E-state index in [0.717, 1.165) is 24.5 Å². The van der Waals surface area contributed by atoms with Crippen LogP contribution in [0.4, 0.5) is 0 Å². The maximum Gasteiger partial charge on any atom is 0.225 e. The molecule has 0 saturated carbocycles. The molecular weight excluding hydrogens is 228 g/mol. The first kappa shape index (κ1) is 14.7. The van der Waals surface area contributed by atoms with Crippen LogP contribution in [0.15, 0.2) is 16.9 Å². The third-order valence-corrected chi connectivity index (χ3v) is 2.71. The van der Waals surface area contributed by atoms with E-state index in [2.05, 4.69) is 15.6 Å². The van der Waals surface area contributed by atoms with Crippen molar-refractivity contribution < 1.29 is 4.79 Å². The number of hydrogen-bond acceptors (Lipinski definition) is 4. The van der Waals surface area contributed by atoms with Crippen LogP contribution in [0, 0.1) is 5.92 Å². The van der Waals surface area contributed by atoms with Crippen molar-refractivity contribution in [2.75, 3.05) is 33.2 Å². The van der Waals surface area contributed by atoms with Crippen LogP contribution in [0.2, 0.25) is 0 Å². The van der Waals surface area contributed by atoms with Crippen LogP contribution in [0.5, 0.6) is 0 Å². The van der Waals surface area contributed by atoms with E-state index in [1.165, 1.54) is 0 Å². The summed E-state index contributed by atoms with van der Waals surface area (Å²) in [5.41, 5.74) is 1.93. The summed E-state index contributed by atoms with van der Waals surface area (Å²) in [7, 11) is 1.90. The second-order valence-electron chi connectivity index (χ2n) is 4.88. The topological polar surface area (TPSA) is 56.7 Å². The van der Waals surface area contributed by atoms with Crippen molar-refractivity contribution in [2.24, 2.45) is 10.9 Å². The van der Waals surface area contributed by atoms with E-state index in [-0.39, 0.29) is 11.8 Å². The number of rotatable bonds is 3. The molecule has 0 fully saturated rings. The molecule has 0 atom stereocenters. The van der Waals surface area contributed by atoms with E-state index in [4.69, 9.17) is 0 Å². The van der Waals surface area contributed by atoms with Crippen molar-refractivity contribution in [3.05, 3.63) is 11.9 Å². The van der Waals surface area contributed by atoms with Crippen LogP contribution in [-0.4, -0.2) is 49.7 Å². The van der Waals surface area contributed by atoms with E-state index in [1.807, 2.05) is 38.9 Å². The first-order chi connectivity index (χ1) is 8.54. The molecule has 0 saturated heterocycles. The molecule has 2 N–H and O–H groups in total. The van der Waals surface area contributed by atoms with E-state index in [1.54, 1.807) is 0 Å². The normalized spacial score (nSPS) is 23.1. The van der Waals surface area contributed by atoms with Crippen LogP contribution in [-0.2, 0) is 4.79 Å². The average molecular weight is 252 g/mol. The number of nitrogens with zero attached hydrogens (tertiary/aromatic N) is 2. The minimum atomic E-state index is 0.0308. The lowest BCUT2D eigenvalue weighted by Gasteiger charge is -2.24. The van der Waals surface area contributed by atoms with Gasteiger partial charge in [0.1, 0.15) is 0 Å². The Balaban J connectivity index is 2.77. The standard InChI is InChI=1S/C13H24N4O/c1-10(2)13(18)17-6-5-15-8-12(7-14-4)16-11(3)9-17/h8,10,14-15H,5-7,9H2,1-4H3/b12-8-,16-11+. The van der Waals surface area contributed by atoms with Gasteiger partial charge in [0.2, 0.25) is 5.91 Å². The summed E-state index contributed by atoms with van der Waals surface area (Å²) in [6.45, 7) is 8.64. The van der Waals surface area contributed by atoms with Gasteiger partial charge in [0.25, 0.3) is 0 Å². The molecule has 1 heterocycles. The Kier molecular flexibility index (Phi) is 5.85. The Bertz CT molecular complexity index is 347. The van der Waals surface area contributed by atoms with E-state index < -0.39 is 0 Å². The minimum Gasteiger partial charge on any atom is -0.388 e. The number of carbonyl (C=O) groups is 1. The second-order valence-corrected chi connectivity index (χ2v) is 4.88. The summed E-state index contributed by atoms with van der Waals surface area (Å²) >= 11 is 0. The van der Waals surface area contributed by atoms with Gasteiger partial charge in [-0.2, -0.15) is 0 Å². The van der Waals surface area contributed by atoms with Gasteiger partial charge >= 0.3 is 0 Å². The third-order valence-electron chi connectivity index (χ3n) is 2.71. The molecule has 0 aromatic carbocycles. The number of hydrogen-bond donors (Lipinski definition) is 2. The molecule has 1 amide bonds. The Morgan fingerprint density at radius 2 is 2.33 bits per heavy atom. The first-order valence-corrected chi connectivity index (χ1v) is 6.44. The number of likely N-dealkylation sites (N-methyl/N-ethyl adjacent to an activating group) is 1. The van der Waals surface area contributed by atoms with Gasteiger partial charge in [0.05, 0.1) is 12.2 Å². The predicted molar refractivity (Wildman–Crippen MR) is 74.5 cm³/mol. The second kappa shape index (κ2) is 7.16. The van der Waals surface area contributed by atoms with Crippen molar-refractivity contribution >= 4 is 11.6 Å².